The van der Waals surface area contributed by atoms with Crippen LogP contribution in [-0.4, -0.2) is 43.3 Å². The summed E-state index contributed by atoms with van der Waals surface area (Å²) in [4.78, 5) is 22.8. The standard InChI is InChI=1S/C11H20N2O5S/c1-8(2)18-11(15)12-19(16,17)13-7-5-4-6-10(13)9(3)14/h8,10H,4-7H2,1-3H3,(H,12,15). The molecule has 0 aromatic rings. The van der Waals surface area contributed by atoms with E-state index in [-0.39, 0.29) is 12.3 Å². The normalized spacial score (nSPS) is 21.2. The molecule has 1 aliphatic rings. The molecule has 8 heteroatoms. The molecule has 0 aliphatic carbocycles. The van der Waals surface area contributed by atoms with E-state index in [1.54, 1.807) is 13.8 Å². The molecule has 0 aromatic carbocycles. The summed E-state index contributed by atoms with van der Waals surface area (Å²) >= 11 is 0. The van der Waals surface area contributed by atoms with Gasteiger partial charge in [0, 0.05) is 6.54 Å². The van der Waals surface area contributed by atoms with Gasteiger partial charge in [0.25, 0.3) is 0 Å². The summed E-state index contributed by atoms with van der Waals surface area (Å²) in [5.41, 5.74) is 0. The van der Waals surface area contributed by atoms with E-state index in [2.05, 4.69) is 0 Å². The predicted molar refractivity (Wildman–Crippen MR) is 68.7 cm³/mol. The number of hydrogen-bond donors (Lipinski definition) is 1. The molecule has 1 heterocycles. The van der Waals surface area contributed by atoms with Gasteiger partial charge in [0.1, 0.15) is 5.78 Å². The fourth-order valence-corrected chi connectivity index (χ4v) is 3.34. The van der Waals surface area contributed by atoms with Crippen molar-refractivity contribution in [2.45, 2.75) is 52.2 Å². The molecule has 1 N–H and O–H groups in total. The fourth-order valence-electron chi connectivity index (χ4n) is 2.00. The van der Waals surface area contributed by atoms with Crippen LogP contribution in [0.15, 0.2) is 0 Å². The molecule has 1 atom stereocenters. The van der Waals surface area contributed by atoms with Gasteiger partial charge in [-0.1, -0.05) is 6.42 Å². The number of carbonyl (C=O) groups is 2. The molecule has 19 heavy (non-hydrogen) atoms. The summed E-state index contributed by atoms with van der Waals surface area (Å²) in [6.45, 7) is 4.82. The lowest BCUT2D eigenvalue weighted by atomic mass is 10.0. The fraction of sp³-hybridized carbons (Fsp3) is 0.818. The Morgan fingerprint density at radius 2 is 1.95 bits per heavy atom. The average molecular weight is 292 g/mol. The van der Waals surface area contributed by atoms with Crippen molar-refractivity contribution in [3.63, 3.8) is 0 Å². The second-order valence-corrected chi connectivity index (χ2v) is 6.42. The first-order chi connectivity index (χ1) is 8.74. The molecule has 1 aliphatic heterocycles. The quantitative estimate of drug-likeness (QED) is 0.827. The number of nitrogens with zero attached hydrogens (tertiary/aromatic N) is 1. The van der Waals surface area contributed by atoms with Crippen LogP contribution < -0.4 is 4.72 Å². The molecule has 110 valence electrons. The van der Waals surface area contributed by atoms with Crippen LogP contribution in [0.25, 0.3) is 0 Å². The largest absolute Gasteiger partial charge is 0.446 e. The number of hydrogen-bond acceptors (Lipinski definition) is 5. The Labute approximate surface area is 113 Å². The van der Waals surface area contributed by atoms with E-state index in [4.69, 9.17) is 4.74 Å². The van der Waals surface area contributed by atoms with Crippen molar-refractivity contribution in [1.82, 2.24) is 9.03 Å². The maximum absolute atomic E-state index is 12.1. The summed E-state index contributed by atoms with van der Waals surface area (Å²) in [7, 11) is -4.03. The molecular formula is C11H20N2O5S. The van der Waals surface area contributed by atoms with E-state index in [0.29, 0.717) is 12.8 Å². The number of ketones is 1. The molecule has 1 unspecified atom stereocenters. The van der Waals surface area contributed by atoms with Gasteiger partial charge in [-0.3, -0.25) is 4.79 Å². The third-order valence-corrected chi connectivity index (χ3v) is 4.27. The van der Waals surface area contributed by atoms with Crippen molar-refractivity contribution < 1.29 is 22.7 Å². The van der Waals surface area contributed by atoms with E-state index in [1.807, 2.05) is 4.72 Å². The first kappa shape index (κ1) is 15.9. The average Bonchev–Trinajstić information content (AvgIpc) is 2.26. The Hall–Kier alpha value is -1.15. The highest BCUT2D eigenvalue weighted by atomic mass is 32.2. The number of rotatable bonds is 4. The van der Waals surface area contributed by atoms with Crippen LogP contribution in [0.5, 0.6) is 0 Å². The Morgan fingerprint density at radius 1 is 1.32 bits per heavy atom. The van der Waals surface area contributed by atoms with Gasteiger partial charge in [0.05, 0.1) is 12.1 Å². The van der Waals surface area contributed by atoms with Crippen LogP contribution in [0.2, 0.25) is 0 Å². The van der Waals surface area contributed by atoms with E-state index in [0.717, 1.165) is 10.7 Å². The van der Waals surface area contributed by atoms with Gasteiger partial charge in [-0.2, -0.15) is 12.7 Å². The van der Waals surface area contributed by atoms with Crippen molar-refractivity contribution in [3.8, 4) is 0 Å². The summed E-state index contributed by atoms with van der Waals surface area (Å²) in [6.07, 6.45) is 0.509. The molecule has 0 radical (unpaired) electrons. The zero-order chi connectivity index (χ0) is 14.6. The van der Waals surface area contributed by atoms with E-state index in [9.17, 15) is 18.0 Å². The highest BCUT2D eigenvalue weighted by molar-refractivity contribution is 7.87. The van der Waals surface area contributed by atoms with Gasteiger partial charge < -0.3 is 4.74 Å². The molecule has 0 spiro atoms. The number of nitrogens with one attached hydrogen (secondary N) is 1. The number of amides is 1. The lowest BCUT2D eigenvalue weighted by Crippen LogP contribution is -2.53. The minimum atomic E-state index is -4.03. The highest BCUT2D eigenvalue weighted by Crippen LogP contribution is 2.20. The molecule has 0 bridgehead atoms. The highest BCUT2D eigenvalue weighted by Gasteiger charge is 2.36. The van der Waals surface area contributed by atoms with Crippen LogP contribution >= 0.6 is 0 Å². The van der Waals surface area contributed by atoms with Crippen LogP contribution in [0.1, 0.15) is 40.0 Å². The van der Waals surface area contributed by atoms with Crippen LogP contribution in [0.4, 0.5) is 4.79 Å². The van der Waals surface area contributed by atoms with Crippen molar-refractivity contribution in [1.29, 1.82) is 0 Å². The molecule has 1 amide bonds. The molecule has 1 saturated heterocycles. The van der Waals surface area contributed by atoms with Crippen LogP contribution in [0, 0.1) is 0 Å². The molecule has 0 saturated carbocycles. The number of ether oxygens (including phenoxy) is 1. The summed E-state index contributed by atoms with van der Waals surface area (Å²) in [6, 6.07) is -0.696. The van der Waals surface area contributed by atoms with Crippen molar-refractivity contribution in [2.75, 3.05) is 6.54 Å². The Morgan fingerprint density at radius 3 is 2.47 bits per heavy atom. The third-order valence-electron chi connectivity index (χ3n) is 2.79. The van der Waals surface area contributed by atoms with Crippen LogP contribution in [0.3, 0.4) is 0 Å². The Balaban J connectivity index is 2.79. The van der Waals surface area contributed by atoms with Gasteiger partial charge in [0.2, 0.25) is 0 Å². The summed E-state index contributed by atoms with van der Waals surface area (Å²) in [5.74, 6) is -0.220. The lowest BCUT2D eigenvalue weighted by molar-refractivity contribution is -0.121. The second-order valence-electron chi connectivity index (χ2n) is 4.79. The zero-order valence-corrected chi connectivity index (χ0v) is 12.2. The number of carbonyl (C=O) groups excluding carboxylic acids is 2. The first-order valence-corrected chi connectivity index (χ1v) is 7.68. The monoisotopic (exact) mass is 292 g/mol. The van der Waals surface area contributed by atoms with Gasteiger partial charge in [-0.25, -0.2) is 9.52 Å². The lowest BCUT2D eigenvalue weighted by Gasteiger charge is -2.32. The van der Waals surface area contributed by atoms with E-state index < -0.39 is 28.4 Å². The van der Waals surface area contributed by atoms with E-state index in [1.165, 1.54) is 6.92 Å². The maximum Gasteiger partial charge on any atom is 0.422 e. The van der Waals surface area contributed by atoms with Crippen molar-refractivity contribution >= 4 is 22.1 Å². The van der Waals surface area contributed by atoms with Gasteiger partial charge in [0.15, 0.2) is 0 Å². The van der Waals surface area contributed by atoms with E-state index >= 15 is 0 Å². The smallest absolute Gasteiger partial charge is 0.422 e. The topological polar surface area (TPSA) is 92.8 Å². The molecule has 1 fully saturated rings. The predicted octanol–water partition coefficient (Wildman–Crippen LogP) is 0.809. The number of piperidine rings is 1. The second kappa shape index (κ2) is 6.33. The zero-order valence-electron chi connectivity index (χ0n) is 11.4. The van der Waals surface area contributed by atoms with Crippen molar-refractivity contribution in [3.05, 3.63) is 0 Å². The minimum Gasteiger partial charge on any atom is -0.446 e. The molecule has 7 nitrogen and oxygen atoms in total. The van der Waals surface area contributed by atoms with Gasteiger partial charge in [-0.05, 0) is 33.6 Å². The van der Waals surface area contributed by atoms with Gasteiger partial charge >= 0.3 is 16.3 Å². The molecule has 1 rings (SSSR count). The Kier molecular flexibility index (Phi) is 5.30. The maximum atomic E-state index is 12.1. The minimum absolute atomic E-state index is 0.220. The van der Waals surface area contributed by atoms with Crippen molar-refractivity contribution in [2.24, 2.45) is 0 Å². The Bertz CT molecular complexity index is 446. The van der Waals surface area contributed by atoms with Crippen LogP contribution in [-0.2, 0) is 19.7 Å². The van der Waals surface area contributed by atoms with Gasteiger partial charge in [-0.15, -0.1) is 0 Å². The molecular weight excluding hydrogens is 272 g/mol. The number of Topliss-reactive ketones (excluding diaryl/α,β-unsaturated/α-hetero) is 1. The summed E-state index contributed by atoms with van der Waals surface area (Å²) < 4.78 is 31.7. The SMILES string of the molecule is CC(=O)C1CCCCN1S(=O)(=O)NC(=O)OC(C)C. The summed E-state index contributed by atoms with van der Waals surface area (Å²) in [5, 5.41) is 0. The first-order valence-electron chi connectivity index (χ1n) is 6.24. The third kappa shape index (κ3) is 4.46. The molecule has 0 aromatic heterocycles.